The average molecular weight is 322 g/mol. The van der Waals surface area contributed by atoms with Gasteiger partial charge in [0, 0.05) is 23.1 Å². The van der Waals surface area contributed by atoms with E-state index in [1.807, 2.05) is 6.07 Å². The van der Waals surface area contributed by atoms with Crippen molar-refractivity contribution in [1.82, 2.24) is 10.3 Å². The van der Waals surface area contributed by atoms with Gasteiger partial charge < -0.3 is 10.3 Å². The molecule has 1 fully saturated rings. The predicted octanol–water partition coefficient (Wildman–Crippen LogP) is 5.07. The molecule has 2 N–H and O–H groups in total. The van der Waals surface area contributed by atoms with Crippen LogP contribution in [0, 0.1) is 18.7 Å². The zero-order valence-corrected chi connectivity index (χ0v) is 14.1. The van der Waals surface area contributed by atoms with Crippen LogP contribution in [0.1, 0.15) is 42.0 Å². The van der Waals surface area contributed by atoms with Crippen molar-refractivity contribution >= 4 is 10.9 Å². The second kappa shape index (κ2) is 6.06. The van der Waals surface area contributed by atoms with Crippen molar-refractivity contribution in [2.24, 2.45) is 5.92 Å². The molecule has 1 aliphatic rings. The fourth-order valence-corrected chi connectivity index (χ4v) is 3.58. The first-order valence-electron chi connectivity index (χ1n) is 8.68. The number of benzene rings is 2. The topological polar surface area (TPSA) is 27.8 Å². The zero-order valence-electron chi connectivity index (χ0n) is 14.1. The molecule has 0 spiro atoms. The van der Waals surface area contributed by atoms with Gasteiger partial charge in [0.2, 0.25) is 0 Å². The standard InChI is InChI=1S/C21H23FN2/c1-13-3-5-15(6-4-13)14(2)23-11-16-9-18(16)20-12-24-21-8-7-17(22)10-19(20)21/h3-8,10,12,14,16,18,23-24H,9,11H2,1-2H3. The fraction of sp³-hybridized carbons (Fsp3) is 0.333. The summed E-state index contributed by atoms with van der Waals surface area (Å²) in [5, 5.41) is 4.68. The highest BCUT2D eigenvalue weighted by Crippen LogP contribution is 2.49. The first-order chi connectivity index (χ1) is 11.6. The lowest BCUT2D eigenvalue weighted by Crippen LogP contribution is -2.21. The van der Waals surface area contributed by atoms with Crippen molar-refractivity contribution in [3.63, 3.8) is 0 Å². The van der Waals surface area contributed by atoms with Crippen molar-refractivity contribution < 1.29 is 4.39 Å². The molecule has 3 atom stereocenters. The van der Waals surface area contributed by atoms with E-state index in [4.69, 9.17) is 0 Å². The molecule has 1 aliphatic carbocycles. The highest BCUT2D eigenvalue weighted by molar-refractivity contribution is 5.84. The number of aryl methyl sites for hydroxylation is 1. The van der Waals surface area contributed by atoms with Crippen LogP contribution in [-0.2, 0) is 0 Å². The molecule has 3 aromatic rings. The first-order valence-corrected chi connectivity index (χ1v) is 8.68. The van der Waals surface area contributed by atoms with Crippen LogP contribution >= 0.6 is 0 Å². The lowest BCUT2D eigenvalue weighted by atomic mass is 10.1. The zero-order chi connectivity index (χ0) is 16.7. The Morgan fingerprint density at radius 2 is 2.00 bits per heavy atom. The van der Waals surface area contributed by atoms with Gasteiger partial charge in [-0.3, -0.25) is 0 Å². The van der Waals surface area contributed by atoms with Crippen LogP contribution < -0.4 is 5.32 Å². The molecule has 3 unspecified atom stereocenters. The summed E-state index contributed by atoms with van der Waals surface area (Å²) in [6.07, 6.45) is 3.23. The van der Waals surface area contributed by atoms with Gasteiger partial charge in [0.1, 0.15) is 5.82 Å². The minimum atomic E-state index is -0.160. The molecule has 2 aromatic carbocycles. The molecular formula is C21H23FN2. The third-order valence-electron chi connectivity index (χ3n) is 5.26. The Bertz CT molecular complexity index is 850. The Balaban J connectivity index is 1.39. The summed E-state index contributed by atoms with van der Waals surface area (Å²) in [5.74, 6) is 1.02. The van der Waals surface area contributed by atoms with E-state index >= 15 is 0 Å². The SMILES string of the molecule is Cc1ccc(C(C)NCC2CC2c2c[nH]c3ccc(F)cc23)cc1. The van der Waals surface area contributed by atoms with Crippen LogP contribution in [0.2, 0.25) is 0 Å². The van der Waals surface area contributed by atoms with E-state index in [1.54, 1.807) is 6.07 Å². The van der Waals surface area contributed by atoms with Crippen LogP contribution in [0.15, 0.2) is 48.7 Å². The normalized spacial score (nSPS) is 21.1. The Kier molecular flexibility index (Phi) is 3.89. The van der Waals surface area contributed by atoms with Gasteiger partial charge in [0.05, 0.1) is 0 Å². The number of fused-ring (bicyclic) bond motifs is 1. The number of rotatable bonds is 5. The van der Waals surface area contributed by atoms with Crippen LogP contribution in [0.4, 0.5) is 4.39 Å². The predicted molar refractivity (Wildman–Crippen MR) is 96.7 cm³/mol. The minimum Gasteiger partial charge on any atom is -0.361 e. The second-order valence-corrected chi connectivity index (χ2v) is 7.08. The summed E-state index contributed by atoms with van der Waals surface area (Å²) in [6, 6.07) is 14.0. The van der Waals surface area contributed by atoms with Crippen molar-refractivity contribution in [3.05, 3.63) is 71.2 Å². The Morgan fingerprint density at radius 1 is 1.21 bits per heavy atom. The smallest absolute Gasteiger partial charge is 0.123 e. The largest absolute Gasteiger partial charge is 0.361 e. The second-order valence-electron chi connectivity index (χ2n) is 7.08. The van der Waals surface area contributed by atoms with Gasteiger partial charge in [-0.1, -0.05) is 29.8 Å². The number of H-pyrrole nitrogens is 1. The van der Waals surface area contributed by atoms with E-state index in [-0.39, 0.29) is 5.82 Å². The molecule has 0 amide bonds. The van der Waals surface area contributed by atoms with Gasteiger partial charge >= 0.3 is 0 Å². The summed E-state index contributed by atoms with van der Waals surface area (Å²) in [4.78, 5) is 3.27. The van der Waals surface area contributed by atoms with Crippen molar-refractivity contribution in [3.8, 4) is 0 Å². The average Bonchev–Trinajstić information content (AvgIpc) is 3.23. The van der Waals surface area contributed by atoms with E-state index in [9.17, 15) is 4.39 Å². The Hall–Kier alpha value is -2.13. The van der Waals surface area contributed by atoms with Gasteiger partial charge in [0.15, 0.2) is 0 Å². The molecule has 1 heterocycles. The summed E-state index contributed by atoms with van der Waals surface area (Å²) >= 11 is 0. The Labute approximate surface area is 142 Å². The highest BCUT2D eigenvalue weighted by atomic mass is 19.1. The molecule has 4 rings (SSSR count). The fourth-order valence-electron chi connectivity index (χ4n) is 3.58. The highest BCUT2D eigenvalue weighted by Gasteiger charge is 2.39. The summed E-state index contributed by atoms with van der Waals surface area (Å²) in [5.41, 5.74) is 4.91. The van der Waals surface area contributed by atoms with E-state index in [0.29, 0.717) is 17.9 Å². The molecule has 3 heteroatoms. The number of hydrogen-bond donors (Lipinski definition) is 2. The van der Waals surface area contributed by atoms with Crippen LogP contribution in [0.5, 0.6) is 0 Å². The van der Waals surface area contributed by atoms with E-state index in [0.717, 1.165) is 17.4 Å². The van der Waals surface area contributed by atoms with Gasteiger partial charge in [-0.15, -0.1) is 0 Å². The number of aromatic nitrogens is 1. The molecule has 0 aliphatic heterocycles. The maximum Gasteiger partial charge on any atom is 0.123 e. The van der Waals surface area contributed by atoms with Crippen molar-refractivity contribution in [2.45, 2.75) is 32.2 Å². The van der Waals surface area contributed by atoms with Gasteiger partial charge in [-0.2, -0.15) is 0 Å². The summed E-state index contributed by atoms with van der Waals surface area (Å²) in [7, 11) is 0. The van der Waals surface area contributed by atoms with Crippen LogP contribution in [0.3, 0.4) is 0 Å². The van der Waals surface area contributed by atoms with Gasteiger partial charge in [-0.05, 0) is 68.0 Å². The van der Waals surface area contributed by atoms with Crippen molar-refractivity contribution in [1.29, 1.82) is 0 Å². The number of nitrogens with one attached hydrogen (secondary N) is 2. The van der Waals surface area contributed by atoms with E-state index in [1.165, 1.54) is 29.2 Å². The molecule has 0 bridgehead atoms. The molecule has 24 heavy (non-hydrogen) atoms. The number of aromatic amines is 1. The maximum atomic E-state index is 13.5. The van der Waals surface area contributed by atoms with Gasteiger partial charge in [0.25, 0.3) is 0 Å². The lowest BCUT2D eigenvalue weighted by Gasteiger charge is -2.14. The number of hydrogen-bond acceptors (Lipinski definition) is 1. The monoisotopic (exact) mass is 322 g/mol. The molecule has 1 saturated carbocycles. The minimum absolute atomic E-state index is 0.160. The molecule has 124 valence electrons. The Morgan fingerprint density at radius 3 is 2.79 bits per heavy atom. The first kappa shape index (κ1) is 15.4. The molecular weight excluding hydrogens is 299 g/mol. The molecule has 1 aromatic heterocycles. The van der Waals surface area contributed by atoms with Crippen LogP contribution in [-0.4, -0.2) is 11.5 Å². The number of halogens is 1. The van der Waals surface area contributed by atoms with Crippen LogP contribution in [0.25, 0.3) is 10.9 Å². The van der Waals surface area contributed by atoms with E-state index < -0.39 is 0 Å². The quantitative estimate of drug-likeness (QED) is 0.674. The van der Waals surface area contributed by atoms with Crippen molar-refractivity contribution in [2.75, 3.05) is 6.54 Å². The van der Waals surface area contributed by atoms with E-state index in [2.05, 4.69) is 54.6 Å². The maximum absolute atomic E-state index is 13.5. The lowest BCUT2D eigenvalue weighted by molar-refractivity contribution is 0.543. The summed E-state index contributed by atoms with van der Waals surface area (Å²) < 4.78 is 13.5. The third-order valence-corrected chi connectivity index (χ3v) is 5.26. The molecule has 2 nitrogen and oxygen atoms in total. The molecule has 0 saturated heterocycles. The summed E-state index contributed by atoms with van der Waals surface area (Å²) in [6.45, 7) is 5.32. The molecule has 0 radical (unpaired) electrons. The van der Waals surface area contributed by atoms with Gasteiger partial charge in [-0.25, -0.2) is 4.39 Å². The third kappa shape index (κ3) is 2.96.